The molecule has 160 valence electrons. The highest BCUT2D eigenvalue weighted by Crippen LogP contribution is 2.33. The van der Waals surface area contributed by atoms with E-state index in [1.54, 1.807) is 66.7 Å². The molecular weight excluding hydrogens is 420 g/mol. The Morgan fingerprint density at radius 2 is 1.30 bits per heavy atom. The van der Waals surface area contributed by atoms with Crippen molar-refractivity contribution in [2.45, 2.75) is 12.1 Å². The molecule has 2 atom stereocenters. The van der Waals surface area contributed by atoms with Crippen LogP contribution in [0.15, 0.2) is 84.9 Å². The molecule has 5 rings (SSSR count). The number of ether oxygens (including phenoxy) is 1. The largest absolute Gasteiger partial charge is 0.423 e. The van der Waals surface area contributed by atoms with E-state index in [4.69, 9.17) is 4.74 Å². The maximum absolute atomic E-state index is 13.1. The quantitative estimate of drug-likeness (QED) is 0.350. The van der Waals surface area contributed by atoms with Crippen LogP contribution in [0.2, 0.25) is 0 Å². The molecule has 33 heavy (non-hydrogen) atoms. The molecule has 0 saturated carbocycles. The number of carbonyl (C=O) groups excluding carboxylic acids is 4. The Labute approximate surface area is 189 Å². The molecule has 4 amide bonds. The van der Waals surface area contributed by atoms with Gasteiger partial charge in [-0.15, -0.1) is 0 Å². The van der Waals surface area contributed by atoms with Crippen molar-refractivity contribution in [1.82, 2.24) is 9.80 Å². The fraction of sp³-hybridized carbons (Fsp3) is 0.0769. The molecular formula is C26H16N2O5. The number of para-hydroxylation sites is 1. The van der Waals surface area contributed by atoms with E-state index in [1.807, 2.05) is 6.07 Å². The van der Waals surface area contributed by atoms with Crippen LogP contribution in [0.5, 0.6) is 5.75 Å². The first-order valence-electron chi connectivity index (χ1n) is 10.2. The summed E-state index contributed by atoms with van der Waals surface area (Å²) in [6.07, 6.45) is -0.925. The van der Waals surface area contributed by atoms with Crippen LogP contribution in [0.25, 0.3) is 0 Å². The van der Waals surface area contributed by atoms with Crippen molar-refractivity contribution in [2.75, 3.05) is 0 Å². The number of carbonyl (C=O) groups is 4. The fourth-order valence-corrected chi connectivity index (χ4v) is 3.85. The van der Waals surface area contributed by atoms with Crippen molar-refractivity contribution < 1.29 is 23.9 Å². The van der Waals surface area contributed by atoms with Gasteiger partial charge in [-0.05, 0) is 36.4 Å². The molecule has 3 aromatic rings. The molecule has 7 heteroatoms. The maximum atomic E-state index is 13.1. The van der Waals surface area contributed by atoms with Crippen LogP contribution in [0.4, 0.5) is 4.79 Å². The zero-order valence-corrected chi connectivity index (χ0v) is 17.2. The monoisotopic (exact) mass is 436 g/mol. The van der Waals surface area contributed by atoms with Gasteiger partial charge in [0.15, 0.2) is 6.04 Å². The van der Waals surface area contributed by atoms with E-state index >= 15 is 0 Å². The molecule has 0 aliphatic carbocycles. The second-order valence-electron chi connectivity index (χ2n) is 7.44. The normalized spacial score (nSPS) is 18.8. The number of hydrogen-bond acceptors (Lipinski definition) is 5. The standard InChI is InChI=1S/C26H16N2O5/c29-23-19-13-7-8-14-20(19)24(30)28(23)22-21(16-15-17-9-3-1-4-10-17)27(25(22)31)26(32)33-18-11-5-2-6-12-18/h1-14,21-22H/t21-,22+/m1/s1. The SMILES string of the molecule is O=C(Oc1ccccc1)N1C(=O)[C@@H](N2C(=O)c3ccccc3C2=O)[C@H]1C#Cc1ccccc1. The molecule has 0 bridgehead atoms. The summed E-state index contributed by atoms with van der Waals surface area (Å²) in [7, 11) is 0. The number of amides is 4. The first-order chi connectivity index (χ1) is 16.1. The van der Waals surface area contributed by atoms with Crippen molar-refractivity contribution in [3.05, 3.63) is 102 Å². The van der Waals surface area contributed by atoms with Gasteiger partial charge in [0.05, 0.1) is 11.1 Å². The maximum Gasteiger partial charge on any atom is 0.423 e. The lowest BCUT2D eigenvalue weighted by Gasteiger charge is -2.44. The number of benzene rings is 3. The van der Waals surface area contributed by atoms with Crippen LogP contribution in [-0.4, -0.2) is 45.7 Å². The van der Waals surface area contributed by atoms with E-state index in [1.165, 1.54) is 12.1 Å². The second kappa shape index (κ2) is 8.09. The second-order valence-corrected chi connectivity index (χ2v) is 7.44. The predicted molar refractivity (Wildman–Crippen MR) is 117 cm³/mol. The Morgan fingerprint density at radius 1 is 0.758 bits per heavy atom. The summed E-state index contributed by atoms with van der Waals surface area (Å²) < 4.78 is 5.31. The lowest BCUT2D eigenvalue weighted by atomic mass is 9.94. The Bertz CT molecular complexity index is 1310. The van der Waals surface area contributed by atoms with Crippen molar-refractivity contribution >= 4 is 23.8 Å². The Balaban J connectivity index is 1.48. The number of imide groups is 2. The molecule has 2 aliphatic heterocycles. The third kappa shape index (κ3) is 3.44. The van der Waals surface area contributed by atoms with E-state index in [2.05, 4.69) is 11.8 Å². The summed E-state index contributed by atoms with van der Waals surface area (Å²) in [5.74, 6) is 4.17. The highest BCUT2D eigenvalue weighted by molar-refractivity contribution is 6.24. The van der Waals surface area contributed by atoms with Crippen LogP contribution in [-0.2, 0) is 4.79 Å². The van der Waals surface area contributed by atoms with Crippen LogP contribution in [0.1, 0.15) is 26.3 Å². The minimum absolute atomic E-state index is 0.218. The highest BCUT2D eigenvalue weighted by Gasteiger charge is 2.58. The van der Waals surface area contributed by atoms with E-state index in [9.17, 15) is 19.2 Å². The van der Waals surface area contributed by atoms with Crippen LogP contribution >= 0.6 is 0 Å². The molecule has 1 fully saturated rings. The van der Waals surface area contributed by atoms with Crippen molar-refractivity contribution in [3.8, 4) is 17.6 Å². The summed E-state index contributed by atoms with van der Waals surface area (Å²) in [4.78, 5) is 53.5. The van der Waals surface area contributed by atoms with Crippen LogP contribution < -0.4 is 4.74 Å². The topological polar surface area (TPSA) is 84.0 Å². The van der Waals surface area contributed by atoms with E-state index in [0.717, 1.165) is 9.80 Å². The predicted octanol–water partition coefficient (Wildman–Crippen LogP) is 3.11. The average Bonchev–Trinajstić information content (AvgIpc) is 3.08. The molecule has 0 radical (unpaired) electrons. The van der Waals surface area contributed by atoms with Gasteiger partial charge < -0.3 is 4.74 Å². The van der Waals surface area contributed by atoms with Crippen molar-refractivity contribution in [3.63, 3.8) is 0 Å². The van der Waals surface area contributed by atoms with Gasteiger partial charge in [-0.3, -0.25) is 19.3 Å². The van der Waals surface area contributed by atoms with Gasteiger partial charge in [0, 0.05) is 5.56 Å². The fourth-order valence-electron chi connectivity index (χ4n) is 3.85. The van der Waals surface area contributed by atoms with Gasteiger partial charge in [0.2, 0.25) is 0 Å². The number of likely N-dealkylation sites (tertiary alicyclic amines) is 1. The van der Waals surface area contributed by atoms with E-state index < -0.39 is 35.9 Å². The average molecular weight is 436 g/mol. The third-order valence-electron chi connectivity index (χ3n) is 5.45. The van der Waals surface area contributed by atoms with E-state index in [-0.39, 0.29) is 16.9 Å². The lowest BCUT2D eigenvalue weighted by Crippen LogP contribution is -2.72. The van der Waals surface area contributed by atoms with Crippen molar-refractivity contribution in [1.29, 1.82) is 0 Å². The zero-order valence-electron chi connectivity index (χ0n) is 17.2. The molecule has 0 spiro atoms. The Kier molecular flexibility index (Phi) is 4.96. The number of fused-ring (bicyclic) bond motifs is 1. The molecule has 3 aromatic carbocycles. The molecule has 1 saturated heterocycles. The van der Waals surface area contributed by atoms with Gasteiger partial charge in [0.25, 0.3) is 17.7 Å². The molecule has 2 aliphatic rings. The summed E-state index contributed by atoms with van der Waals surface area (Å²) in [5.41, 5.74) is 1.10. The van der Waals surface area contributed by atoms with Crippen LogP contribution in [0, 0.1) is 11.8 Å². The zero-order chi connectivity index (χ0) is 22.9. The summed E-state index contributed by atoms with van der Waals surface area (Å²) in [6.45, 7) is 0. The van der Waals surface area contributed by atoms with Gasteiger partial charge in [-0.25, -0.2) is 9.69 Å². The molecule has 2 heterocycles. The lowest BCUT2D eigenvalue weighted by molar-refractivity contribution is -0.147. The molecule has 7 nitrogen and oxygen atoms in total. The Morgan fingerprint density at radius 3 is 1.91 bits per heavy atom. The van der Waals surface area contributed by atoms with Gasteiger partial charge in [0.1, 0.15) is 11.8 Å². The minimum atomic E-state index is -1.23. The summed E-state index contributed by atoms with van der Waals surface area (Å²) in [6, 6.07) is 21.4. The summed E-state index contributed by atoms with van der Waals surface area (Å²) in [5, 5.41) is 0. The van der Waals surface area contributed by atoms with Crippen molar-refractivity contribution in [2.24, 2.45) is 0 Å². The van der Waals surface area contributed by atoms with Gasteiger partial charge in [-0.1, -0.05) is 60.4 Å². The molecule has 0 unspecified atom stereocenters. The smallest absolute Gasteiger partial charge is 0.410 e. The third-order valence-corrected chi connectivity index (χ3v) is 5.45. The first kappa shape index (κ1) is 20.2. The van der Waals surface area contributed by atoms with Gasteiger partial charge in [-0.2, -0.15) is 0 Å². The Hall–Kier alpha value is -4.70. The van der Waals surface area contributed by atoms with Crippen LogP contribution in [0.3, 0.4) is 0 Å². The minimum Gasteiger partial charge on any atom is -0.410 e. The highest BCUT2D eigenvalue weighted by atomic mass is 16.6. The first-order valence-corrected chi connectivity index (χ1v) is 10.2. The van der Waals surface area contributed by atoms with E-state index in [0.29, 0.717) is 5.56 Å². The number of nitrogens with zero attached hydrogens (tertiary/aromatic N) is 2. The summed E-state index contributed by atoms with van der Waals surface area (Å²) >= 11 is 0. The molecule has 0 aromatic heterocycles. The number of β-lactam (4-membered cyclic amide) rings is 1. The number of hydrogen-bond donors (Lipinski definition) is 0. The van der Waals surface area contributed by atoms with Gasteiger partial charge >= 0.3 is 6.09 Å². The molecule has 0 N–H and O–H groups in total. The number of rotatable bonds is 2.